The van der Waals surface area contributed by atoms with Gasteiger partial charge in [-0.3, -0.25) is 4.79 Å². The first-order valence-corrected chi connectivity index (χ1v) is 6.73. The first-order valence-electron chi connectivity index (χ1n) is 6.73. The summed E-state index contributed by atoms with van der Waals surface area (Å²) < 4.78 is 37.4. The zero-order chi connectivity index (χ0) is 15.0. The van der Waals surface area contributed by atoms with Crippen molar-refractivity contribution in [3.63, 3.8) is 0 Å². The summed E-state index contributed by atoms with van der Waals surface area (Å²) in [6.45, 7) is 0. The highest BCUT2D eigenvalue weighted by Crippen LogP contribution is 2.38. The molecule has 0 radical (unpaired) electrons. The van der Waals surface area contributed by atoms with Crippen LogP contribution in [0.15, 0.2) is 48.5 Å². The second-order valence-corrected chi connectivity index (χ2v) is 5.30. The first kappa shape index (κ1) is 13.9. The topological polar surface area (TPSA) is 17.1 Å². The maximum Gasteiger partial charge on any atom is 0.416 e. The van der Waals surface area contributed by atoms with E-state index >= 15 is 0 Å². The van der Waals surface area contributed by atoms with E-state index in [1.165, 1.54) is 23.3 Å². The summed E-state index contributed by atoms with van der Waals surface area (Å²) in [5.74, 6) is 0.0826. The van der Waals surface area contributed by atoms with Crippen LogP contribution in [0.25, 0.3) is 0 Å². The zero-order valence-electron chi connectivity index (χ0n) is 11.2. The molecule has 2 aromatic rings. The molecule has 1 aliphatic carbocycles. The molecule has 4 heteroatoms. The number of halogens is 3. The number of alkyl halides is 3. The first-order chi connectivity index (χ1) is 9.95. The molecule has 2 aromatic carbocycles. The van der Waals surface area contributed by atoms with Crippen LogP contribution in [0, 0.1) is 0 Å². The van der Waals surface area contributed by atoms with E-state index in [1.807, 2.05) is 24.3 Å². The van der Waals surface area contributed by atoms with Crippen LogP contribution in [0.3, 0.4) is 0 Å². The quantitative estimate of drug-likeness (QED) is 0.754. The minimum Gasteiger partial charge on any atom is -0.294 e. The lowest BCUT2D eigenvalue weighted by atomic mass is 9.74. The van der Waals surface area contributed by atoms with Crippen LogP contribution in [-0.4, -0.2) is 5.78 Å². The highest BCUT2D eigenvalue weighted by atomic mass is 19.4. The van der Waals surface area contributed by atoms with E-state index in [0.29, 0.717) is 12.0 Å². The van der Waals surface area contributed by atoms with Gasteiger partial charge >= 0.3 is 6.18 Å². The van der Waals surface area contributed by atoms with Crippen molar-refractivity contribution in [2.45, 2.75) is 24.9 Å². The summed E-state index contributed by atoms with van der Waals surface area (Å²) in [6.07, 6.45) is -3.15. The van der Waals surface area contributed by atoms with Crippen LogP contribution < -0.4 is 0 Å². The van der Waals surface area contributed by atoms with Crippen LogP contribution in [0.2, 0.25) is 0 Å². The van der Waals surface area contributed by atoms with Crippen LogP contribution in [0.4, 0.5) is 13.2 Å². The maximum absolute atomic E-state index is 12.5. The van der Waals surface area contributed by atoms with Gasteiger partial charge in [-0.15, -0.1) is 0 Å². The number of benzene rings is 2. The van der Waals surface area contributed by atoms with E-state index in [2.05, 4.69) is 0 Å². The molecule has 0 aromatic heterocycles. The Balaban J connectivity index is 1.70. The summed E-state index contributed by atoms with van der Waals surface area (Å²) in [4.78, 5) is 12.1. The minimum absolute atomic E-state index is 0.108. The molecule has 0 saturated carbocycles. The van der Waals surface area contributed by atoms with E-state index in [-0.39, 0.29) is 11.7 Å². The van der Waals surface area contributed by atoms with Crippen molar-refractivity contribution in [3.05, 3.63) is 70.8 Å². The van der Waals surface area contributed by atoms with Gasteiger partial charge in [0, 0.05) is 12.0 Å². The van der Waals surface area contributed by atoms with Crippen molar-refractivity contribution >= 4 is 5.78 Å². The van der Waals surface area contributed by atoms with Gasteiger partial charge in [-0.25, -0.2) is 0 Å². The molecule has 1 nitrogen and oxygen atoms in total. The summed E-state index contributed by atoms with van der Waals surface area (Å²) >= 11 is 0. The van der Waals surface area contributed by atoms with Gasteiger partial charge in [0.25, 0.3) is 0 Å². The normalized spacial score (nSPS) is 17.0. The predicted octanol–water partition coefficient (Wildman–Crippen LogP) is 4.62. The monoisotopic (exact) mass is 290 g/mol. The van der Waals surface area contributed by atoms with Crippen molar-refractivity contribution in [1.82, 2.24) is 0 Å². The molecule has 0 heterocycles. The highest BCUT2D eigenvalue weighted by molar-refractivity contribution is 5.96. The van der Waals surface area contributed by atoms with Crippen molar-refractivity contribution < 1.29 is 18.0 Å². The summed E-state index contributed by atoms with van der Waals surface area (Å²) in [5, 5.41) is 0. The lowest BCUT2D eigenvalue weighted by molar-refractivity contribution is -0.137. The Labute approximate surface area is 120 Å². The van der Waals surface area contributed by atoms with Gasteiger partial charge in [0.15, 0.2) is 5.78 Å². The fourth-order valence-corrected chi connectivity index (χ4v) is 2.73. The second kappa shape index (κ2) is 5.02. The van der Waals surface area contributed by atoms with Crippen molar-refractivity contribution in [1.29, 1.82) is 0 Å². The number of hydrogen-bond acceptors (Lipinski definition) is 1. The lowest BCUT2D eigenvalue weighted by Crippen LogP contribution is -2.20. The molecule has 0 saturated heterocycles. The molecule has 21 heavy (non-hydrogen) atoms. The number of ketones is 1. The van der Waals surface area contributed by atoms with E-state index < -0.39 is 11.7 Å². The Bertz CT molecular complexity index is 671. The molecular formula is C17H13F3O. The Kier molecular flexibility index (Phi) is 3.32. The average Bonchev–Trinajstić information content (AvgIpc) is 2.44. The Morgan fingerprint density at radius 2 is 1.71 bits per heavy atom. The molecule has 0 fully saturated rings. The smallest absolute Gasteiger partial charge is 0.294 e. The maximum atomic E-state index is 12.5. The van der Waals surface area contributed by atoms with Gasteiger partial charge in [-0.05, 0) is 35.6 Å². The van der Waals surface area contributed by atoms with Gasteiger partial charge in [-0.1, -0.05) is 36.4 Å². The standard InChI is InChI=1S/C17H13F3O/c18-17(19,20)14-7-5-11(6-8-14)16(21)10-13-9-12-3-1-2-4-15(12)13/h1-8,13H,9-10H2. The van der Waals surface area contributed by atoms with Gasteiger partial charge in [0.2, 0.25) is 0 Å². The Hall–Kier alpha value is -2.10. The number of carbonyl (C=O) groups is 1. The molecular weight excluding hydrogens is 277 g/mol. The van der Waals surface area contributed by atoms with Crippen LogP contribution in [0.1, 0.15) is 39.4 Å². The number of hydrogen-bond donors (Lipinski definition) is 0. The minimum atomic E-state index is -4.37. The molecule has 0 bridgehead atoms. The molecule has 3 rings (SSSR count). The zero-order valence-corrected chi connectivity index (χ0v) is 11.2. The molecule has 1 aliphatic rings. The summed E-state index contributed by atoms with van der Waals surface area (Å²) in [7, 11) is 0. The SMILES string of the molecule is O=C(CC1Cc2ccccc21)c1ccc(C(F)(F)F)cc1. The Morgan fingerprint density at radius 3 is 2.33 bits per heavy atom. The predicted molar refractivity (Wildman–Crippen MR) is 73.3 cm³/mol. The van der Waals surface area contributed by atoms with Crippen molar-refractivity contribution in [2.24, 2.45) is 0 Å². The van der Waals surface area contributed by atoms with Gasteiger partial charge in [0.1, 0.15) is 0 Å². The van der Waals surface area contributed by atoms with Gasteiger partial charge in [0.05, 0.1) is 5.56 Å². The van der Waals surface area contributed by atoms with Crippen molar-refractivity contribution in [2.75, 3.05) is 0 Å². The van der Waals surface area contributed by atoms with E-state index in [0.717, 1.165) is 18.6 Å². The van der Waals surface area contributed by atoms with E-state index in [1.54, 1.807) is 0 Å². The van der Waals surface area contributed by atoms with Crippen LogP contribution in [-0.2, 0) is 12.6 Å². The molecule has 0 N–H and O–H groups in total. The van der Waals surface area contributed by atoms with Crippen molar-refractivity contribution in [3.8, 4) is 0 Å². The van der Waals surface area contributed by atoms with Gasteiger partial charge < -0.3 is 0 Å². The average molecular weight is 290 g/mol. The highest BCUT2D eigenvalue weighted by Gasteiger charge is 2.31. The van der Waals surface area contributed by atoms with E-state index in [9.17, 15) is 18.0 Å². The summed E-state index contributed by atoms with van der Waals surface area (Å²) in [6, 6.07) is 12.4. The molecule has 1 atom stereocenters. The molecule has 0 amide bonds. The van der Waals surface area contributed by atoms with Gasteiger partial charge in [-0.2, -0.15) is 13.2 Å². The third-order valence-corrected chi connectivity index (χ3v) is 3.93. The van der Waals surface area contributed by atoms with Crippen LogP contribution in [0.5, 0.6) is 0 Å². The second-order valence-electron chi connectivity index (χ2n) is 5.30. The third-order valence-electron chi connectivity index (χ3n) is 3.93. The summed E-state index contributed by atoms with van der Waals surface area (Å²) in [5.41, 5.74) is 2.04. The molecule has 1 unspecified atom stereocenters. The fourth-order valence-electron chi connectivity index (χ4n) is 2.73. The third kappa shape index (κ3) is 2.71. The molecule has 0 aliphatic heterocycles. The fraction of sp³-hybridized carbons (Fsp3) is 0.235. The molecule has 0 spiro atoms. The number of Topliss-reactive ketones (excluding diaryl/α,β-unsaturated/α-hetero) is 1. The number of fused-ring (bicyclic) bond motifs is 1. The number of carbonyl (C=O) groups excluding carboxylic acids is 1. The number of rotatable bonds is 3. The largest absolute Gasteiger partial charge is 0.416 e. The van der Waals surface area contributed by atoms with E-state index in [4.69, 9.17) is 0 Å². The Morgan fingerprint density at radius 1 is 1.05 bits per heavy atom. The lowest BCUT2D eigenvalue weighted by Gasteiger charge is -2.29. The van der Waals surface area contributed by atoms with Crippen LogP contribution >= 0.6 is 0 Å². The molecule has 108 valence electrons.